The highest BCUT2D eigenvalue weighted by Crippen LogP contribution is 2.15. The predicted molar refractivity (Wildman–Crippen MR) is 69.7 cm³/mol. The normalized spacial score (nSPS) is 10.4. The summed E-state index contributed by atoms with van der Waals surface area (Å²) in [5.74, 6) is -0.616. The maximum atomic E-state index is 12.0. The summed E-state index contributed by atoms with van der Waals surface area (Å²) < 4.78 is 0. The third-order valence-electron chi connectivity index (χ3n) is 2.83. The Hall–Kier alpha value is -1.84. The van der Waals surface area contributed by atoms with Crippen molar-refractivity contribution in [2.75, 3.05) is 13.6 Å². The van der Waals surface area contributed by atoms with E-state index in [0.717, 1.165) is 0 Å². The number of hydrogen-bond acceptors (Lipinski definition) is 2. The highest BCUT2D eigenvalue weighted by molar-refractivity contribution is 5.94. The van der Waals surface area contributed by atoms with Crippen LogP contribution in [0.2, 0.25) is 0 Å². The van der Waals surface area contributed by atoms with E-state index < -0.39 is 5.97 Å². The van der Waals surface area contributed by atoms with Gasteiger partial charge in [0.25, 0.3) is 5.91 Å². The fraction of sp³-hybridized carbons (Fsp3) is 0.429. The number of hydrogen-bond donors (Lipinski definition) is 1. The standard InChI is InChI=1S/C14H19NO3/c1-10(2)11-4-6-12(7-5-11)14(18)15(3)9-8-13(16)17/h4-7,10H,8-9H2,1-3H3,(H,16,17). The third-order valence-corrected chi connectivity index (χ3v) is 2.83. The molecule has 1 amide bonds. The minimum atomic E-state index is -0.898. The number of rotatable bonds is 5. The fourth-order valence-electron chi connectivity index (χ4n) is 1.60. The number of carbonyl (C=O) groups is 2. The molecule has 0 aliphatic rings. The average molecular weight is 249 g/mol. The Bertz CT molecular complexity index is 423. The Morgan fingerprint density at radius 3 is 2.22 bits per heavy atom. The molecule has 0 saturated heterocycles. The number of carbonyl (C=O) groups excluding carboxylic acids is 1. The molecule has 1 aromatic carbocycles. The molecule has 4 nitrogen and oxygen atoms in total. The van der Waals surface area contributed by atoms with Gasteiger partial charge in [0.15, 0.2) is 0 Å². The molecule has 0 unspecified atom stereocenters. The van der Waals surface area contributed by atoms with Gasteiger partial charge in [0.1, 0.15) is 0 Å². The molecule has 0 heterocycles. The summed E-state index contributed by atoms with van der Waals surface area (Å²) in [6.07, 6.45) is -0.0354. The van der Waals surface area contributed by atoms with Crippen molar-refractivity contribution in [1.29, 1.82) is 0 Å². The van der Waals surface area contributed by atoms with Gasteiger partial charge in [0.2, 0.25) is 0 Å². The molecule has 1 N–H and O–H groups in total. The summed E-state index contributed by atoms with van der Waals surface area (Å²) in [6, 6.07) is 7.44. The first-order chi connectivity index (χ1) is 8.41. The van der Waals surface area contributed by atoms with Crippen molar-refractivity contribution >= 4 is 11.9 Å². The molecule has 0 aromatic heterocycles. The maximum Gasteiger partial charge on any atom is 0.305 e. The van der Waals surface area contributed by atoms with Crippen molar-refractivity contribution < 1.29 is 14.7 Å². The maximum absolute atomic E-state index is 12.0. The number of aliphatic carboxylic acids is 1. The van der Waals surface area contributed by atoms with Crippen LogP contribution in [0.3, 0.4) is 0 Å². The Morgan fingerprint density at radius 1 is 1.22 bits per heavy atom. The van der Waals surface area contributed by atoms with Crippen molar-refractivity contribution in [2.24, 2.45) is 0 Å². The molecule has 0 spiro atoms. The lowest BCUT2D eigenvalue weighted by atomic mass is 10.0. The van der Waals surface area contributed by atoms with Crippen LogP contribution < -0.4 is 0 Å². The molecule has 0 fully saturated rings. The Kier molecular flexibility index (Phi) is 4.89. The largest absolute Gasteiger partial charge is 0.481 e. The van der Waals surface area contributed by atoms with Crippen LogP contribution in [-0.4, -0.2) is 35.5 Å². The summed E-state index contributed by atoms with van der Waals surface area (Å²) in [4.78, 5) is 23.8. The monoisotopic (exact) mass is 249 g/mol. The first-order valence-corrected chi connectivity index (χ1v) is 5.99. The van der Waals surface area contributed by atoms with Crippen LogP contribution >= 0.6 is 0 Å². The van der Waals surface area contributed by atoms with Gasteiger partial charge < -0.3 is 10.0 Å². The second kappa shape index (κ2) is 6.19. The zero-order valence-corrected chi connectivity index (χ0v) is 11.0. The lowest BCUT2D eigenvalue weighted by Crippen LogP contribution is -2.29. The predicted octanol–water partition coefficient (Wildman–Crippen LogP) is 2.36. The van der Waals surface area contributed by atoms with Crippen LogP contribution in [-0.2, 0) is 4.79 Å². The second-order valence-electron chi connectivity index (χ2n) is 4.65. The van der Waals surface area contributed by atoms with E-state index in [9.17, 15) is 9.59 Å². The molecule has 98 valence electrons. The van der Waals surface area contributed by atoms with E-state index in [1.54, 1.807) is 19.2 Å². The van der Waals surface area contributed by atoms with Gasteiger partial charge in [0.05, 0.1) is 6.42 Å². The van der Waals surface area contributed by atoms with Crippen LogP contribution in [0.15, 0.2) is 24.3 Å². The van der Waals surface area contributed by atoms with Gasteiger partial charge in [-0.2, -0.15) is 0 Å². The van der Waals surface area contributed by atoms with E-state index in [1.165, 1.54) is 10.5 Å². The summed E-state index contributed by atoms with van der Waals surface area (Å²) in [5.41, 5.74) is 1.77. The molecule has 0 bridgehead atoms. The van der Waals surface area contributed by atoms with Gasteiger partial charge in [-0.3, -0.25) is 9.59 Å². The van der Waals surface area contributed by atoms with E-state index in [-0.39, 0.29) is 18.9 Å². The van der Waals surface area contributed by atoms with Crippen molar-refractivity contribution in [3.05, 3.63) is 35.4 Å². The minimum Gasteiger partial charge on any atom is -0.481 e. The molecular weight excluding hydrogens is 230 g/mol. The van der Waals surface area contributed by atoms with E-state index in [2.05, 4.69) is 13.8 Å². The van der Waals surface area contributed by atoms with Crippen molar-refractivity contribution in [3.63, 3.8) is 0 Å². The summed E-state index contributed by atoms with van der Waals surface area (Å²) >= 11 is 0. The Labute approximate surface area is 107 Å². The zero-order valence-electron chi connectivity index (χ0n) is 11.0. The van der Waals surface area contributed by atoms with Crippen molar-refractivity contribution in [2.45, 2.75) is 26.2 Å². The van der Waals surface area contributed by atoms with Gasteiger partial charge in [-0.1, -0.05) is 26.0 Å². The Morgan fingerprint density at radius 2 is 1.78 bits per heavy atom. The van der Waals surface area contributed by atoms with Crippen LogP contribution in [0.25, 0.3) is 0 Å². The number of amides is 1. The average Bonchev–Trinajstić information content (AvgIpc) is 2.35. The SMILES string of the molecule is CC(C)c1ccc(C(=O)N(C)CCC(=O)O)cc1. The molecule has 0 aliphatic carbocycles. The number of carboxylic acids is 1. The van der Waals surface area contributed by atoms with Crippen LogP contribution in [0.4, 0.5) is 0 Å². The van der Waals surface area contributed by atoms with E-state index in [1.807, 2.05) is 12.1 Å². The lowest BCUT2D eigenvalue weighted by Gasteiger charge is -2.16. The van der Waals surface area contributed by atoms with Crippen LogP contribution in [0.1, 0.15) is 42.1 Å². The fourth-order valence-corrected chi connectivity index (χ4v) is 1.60. The molecule has 0 saturated carbocycles. The van der Waals surface area contributed by atoms with Gasteiger partial charge in [-0.25, -0.2) is 0 Å². The molecular formula is C14H19NO3. The van der Waals surface area contributed by atoms with E-state index in [4.69, 9.17) is 5.11 Å². The number of carboxylic acid groups (broad SMARTS) is 1. The first-order valence-electron chi connectivity index (χ1n) is 5.99. The van der Waals surface area contributed by atoms with Crippen LogP contribution in [0, 0.1) is 0 Å². The van der Waals surface area contributed by atoms with Crippen molar-refractivity contribution in [1.82, 2.24) is 4.90 Å². The van der Waals surface area contributed by atoms with E-state index in [0.29, 0.717) is 11.5 Å². The first kappa shape index (κ1) is 14.2. The summed E-state index contributed by atoms with van der Waals surface area (Å²) in [6.45, 7) is 4.41. The summed E-state index contributed by atoms with van der Waals surface area (Å²) in [7, 11) is 1.61. The van der Waals surface area contributed by atoms with E-state index >= 15 is 0 Å². The van der Waals surface area contributed by atoms with Gasteiger partial charge in [0, 0.05) is 19.2 Å². The van der Waals surface area contributed by atoms with Gasteiger partial charge in [-0.05, 0) is 23.6 Å². The summed E-state index contributed by atoms with van der Waals surface area (Å²) in [5, 5.41) is 8.57. The topological polar surface area (TPSA) is 57.6 Å². The third kappa shape index (κ3) is 3.87. The van der Waals surface area contributed by atoms with Gasteiger partial charge >= 0.3 is 5.97 Å². The molecule has 1 aromatic rings. The molecule has 4 heteroatoms. The van der Waals surface area contributed by atoms with Crippen LogP contribution in [0.5, 0.6) is 0 Å². The van der Waals surface area contributed by atoms with Gasteiger partial charge in [-0.15, -0.1) is 0 Å². The lowest BCUT2D eigenvalue weighted by molar-refractivity contribution is -0.137. The van der Waals surface area contributed by atoms with Crippen molar-refractivity contribution in [3.8, 4) is 0 Å². The number of nitrogens with zero attached hydrogens (tertiary/aromatic N) is 1. The highest BCUT2D eigenvalue weighted by atomic mass is 16.4. The zero-order chi connectivity index (χ0) is 13.7. The molecule has 0 aliphatic heterocycles. The molecule has 1 rings (SSSR count). The quantitative estimate of drug-likeness (QED) is 0.871. The minimum absolute atomic E-state index is 0.0354. The molecule has 0 radical (unpaired) electrons. The highest BCUT2D eigenvalue weighted by Gasteiger charge is 2.12. The molecule has 0 atom stereocenters. The second-order valence-corrected chi connectivity index (χ2v) is 4.65. The number of benzene rings is 1. The smallest absolute Gasteiger partial charge is 0.305 e. The Balaban J connectivity index is 2.68. The molecule has 18 heavy (non-hydrogen) atoms.